The number of amides is 2. The molecule has 8 nitrogen and oxygen atoms in total. The molecule has 0 bridgehead atoms. The molecule has 1 N–H and O–H groups in total. The summed E-state index contributed by atoms with van der Waals surface area (Å²) in [5.41, 5.74) is -0.431. The predicted octanol–water partition coefficient (Wildman–Crippen LogP) is 1.22. The highest BCUT2D eigenvalue weighted by molar-refractivity contribution is 6.28. The largest absolute Gasteiger partial charge is 0.441 e. The number of hydrogen-bond donors (Lipinski definition) is 1. The zero-order valence-corrected chi connectivity index (χ0v) is 13.8. The molecule has 1 aromatic rings. The molecule has 0 aliphatic carbocycles. The maximum atomic E-state index is 12.4. The Labute approximate surface area is 139 Å². The third-order valence-corrected chi connectivity index (χ3v) is 4.64. The number of nitrogens with one attached hydrogen (secondary N) is 1. The van der Waals surface area contributed by atoms with E-state index in [1.165, 1.54) is 0 Å². The van der Waals surface area contributed by atoms with Crippen LogP contribution < -0.4 is 0 Å². The quantitative estimate of drug-likeness (QED) is 0.892. The van der Waals surface area contributed by atoms with Crippen molar-refractivity contribution in [2.75, 3.05) is 26.7 Å². The number of nitrogens with zero attached hydrogens (tertiary/aromatic N) is 4. The van der Waals surface area contributed by atoms with E-state index in [0.717, 1.165) is 12.8 Å². The van der Waals surface area contributed by atoms with Gasteiger partial charge in [0, 0.05) is 39.4 Å². The number of H-pyrrole nitrogens is 1. The first-order valence-electron chi connectivity index (χ1n) is 7.76. The molecular formula is C14H20ClN5O3. The summed E-state index contributed by atoms with van der Waals surface area (Å²) in [4.78, 5) is 31.4. The van der Waals surface area contributed by atoms with Crippen LogP contribution in [0.2, 0.25) is 5.28 Å². The van der Waals surface area contributed by atoms with Crippen LogP contribution in [0.25, 0.3) is 0 Å². The number of carbonyl (C=O) groups is 2. The van der Waals surface area contributed by atoms with E-state index >= 15 is 0 Å². The van der Waals surface area contributed by atoms with Gasteiger partial charge in [0.2, 0.25) is 11.2 Å². The Bertz CT molecular complexity index is 607. The Morgan fingerprint density at radius 1 is 1.43 bits per heavy atom. The van der Waals surface area contributed by atoms with Gasteiger partial charge in [0.15, 0.2) is 0 Å². The van der Waals surface area contributed by atoms with E-state index < -0.39 is 5.60 Å². The van der Waals surface area contributed by atoms with Crippen molar-refractivity contribution in [3.63, 3.8) is 0 Å². The summed E-state index contributed by atoms with van der Waals surface area (Å²) < 4.78 is 5.55. The number of aryl methyl sites for hydroxylation is 1. The molecule has 3 heterocycles. The molecule has 0 aromatic carbocycles. The minimum atomic E-state index is -0.431. The zero-order valence-electron chi connectivity index (χ0n) is 13.0. The number of likely N-dealkylation sites (tertiary alicyclic amines) is 1. The summed E-state index contributed by atoms with van der Waals surface area (Å²) in [6.07, 6.45) is 2.89. The van der Waals surface area contributed by atoms with Gasteiger partial charge in [0.25, 0.3) is 0 Å². The summed E-state index contributed by atoms with van der Waals surface area (Å²) in [7, 11) is 1.74. The van der Waals surface area contributed by atoms with Crippen LogP contribution in [0, 0.1) is 0 Å². The van der Waals surface area contributed by atoms with Gasteiger partial charge in [-0.2, -0.15) is 0 Å². The monoisotopic (exact) mass is 341 g/mol. The molecule has 2 aliphatic rings. The number of carbonyl (C=O) groups excluding carboxylic acids is 2. The predicted molar refractivity (Wildman–Crippen MR) is 82.0 cm³/mol. The summed E-state index contributed by atoms with van der Waals surface area (Å²) in [5, 5.41) is 6.60. The number of likely N-dealkylation sites (N-methyl/N-ethyl adjacent to an activating group) is 1. The maximum Gasteiger partial charge on any atom is 0.410 e. The number of aromatic amines is 1. The molecule has 126 valence electrons. The van der Waals surface area contributed by atoms with Crippen molar-refractivity contribution < 1.29 is 14.3 Å². The van der Waals surface area contributed by atoms with E-state index in [2.05, 4.69) is 15.2 Å². The normalized spacial score (nSPS) is 24.9. The van der Waals surface area contributed by atoms with Gasteiger partial charge in [-0.3, -0.25) is 9.89 Å². The number of ether oxygens (including phenoxy) is 1. The van der Waals surface area contributed by atoms with Crippen molar-refractivity contribution in [1.82, 2.24) is 25.0 Å². The van der Waals surface area contributed by atoms with E-state index in [-0.39, 0.29) is 17.3 Å². The van der Waals surface area contributed by atoms with Crippen LogP contribution in [0.4, 0.5) is 4.79 Å². The van der Waals surface area contributed by atoms with E-state index in [4.69, 9.17) is 16.3 Å². The average molecular weight is 342 g/mol. The number of rotatable bonds is 3. The lowest BCUT2D eigenvalue weighted by Crippen LogP contribution is -2.36. The minimum absolute atomic E-state index is 0.0762. The van der Waals surface area contributed by atoms with Crippen LogP contribution in [0.15, 0.2) is 0 Å². The Balaban J connectivity index is 1.53. The third-order valence-electron chi connectivity index (χ3n) is 4.47. The van der Waals surface area contributed by atoms with E-state index in [9.17, 15) is 9.59 Å². The summed E-state index contributed by atoms with van der Waals surface area (Å²) >= 11 is 5.64. The third kappa shape index (κ3) is 3.57. The molecule has 2 aliphatic heterocycles. The highest BCUT2D eigenvalue weighted by Crippen LogP contribution is 2.32. The van der Waals surface area contributed by atoms with Crippen LogP contribution in [-0.4, -0.2) is 69.3 Å². The molecule has 1 unspecified atom stereocenters. The molecule has 1 atom stereocenters. The average Bonchev–Trinajstić information content (AvgIpc) is 2.96. The first kappa shape index (κ1) is 16.0. The van der Waals surface area contributed by atoms with E-state index in [1.54, 1.807) is 11.9 Å². The highest BCUT2D eigenvalue weighted by Gasteiger charge is 2.44. The minimum Gasteiger partial charge on any atom is -0.441 e. The van der Waals surface area contributed by atoms with Crippen molar-refractivity contribution in [2.45, 2.75) is 37.7 Å². The molecule has 2 fully saturated rings. The lowest BCUT2D eigenvalue weighted by Gasteiger charge is -2.25. The van der Waals surface area contributed by atoms with Crippen LogP contribution in [0.3, 0.4) is 0 Å². The first-order chi connectivity index (χ1) is 11.0. The van der Waals surface area contributed by atoms with Crippen molar-refractivity contribution in [3.8, 4) is 0 Å². The number of hydrogen-bond acceptors (Lipinski definition) is 5. The van der Waals surface area contributed by atoms with Crippen molar-refractivity contribution in [3.05, 3.63) is 11.1 Å². The van der Waals surface area contributed by atoms with E-state index in [0.29, 0.717) is 44.7 Å². The molecule has 0 saturated carbocycles. The fraction of sp³-hybridized carbons (Fsp3) is 0.714. The highest BCUT2D eigenvalue weighted by atomic mass is 35.5. The van der Waals surface area contributed by atoms with Crippen LogP contribution >= 0.6 is 11.6 Å². The fourth-order valence-electron chi connectivity index (χ4n) is 3.24. The molecule has 2 saturated heterocycles. The molecule has 0 radical (unpaired) electrons. The molecule has 1 spiro atoms. The zero-order chi connectivity index (χ0) is 16.4. The second-order valence-corrected chi connectivity index (χ2v) is 6.53. The Kier molecular flexibility index (Phi) is 4.43. The van der Waals surface area contributed by atoms with Gasteiger partial charge >= 0.3 is 6.09 Å². The van der Waals surface area contributed by atoms with Gasteiger partial charge in [-0.15, -0.1) is 5.10 Å². The smallest absolute Gasteiger partial charge is 0.410 e. The van der Waals surface area contributed by atoms with Gasteiger partial charge in [0.05, 0.1) is 6.54 Å². The van der Waals surface area contributed by atoms with Gasteiger partial charge in [-0.05, 0) is 24.4 Å². The lowest BCUT2D eigenvalue weighted by molar-refractivity contribution is -0.131. The SMILES string of the molecule is CN1CC2(CCCN(C(=O)CCc3nc(Cl)n[nH]3)CC2)OC1=O. The molecule has 23 heavy (non-hydrogen) atoms. The molecular weight excluding hydrogens is 322 g/mol. The van der Waals surface area contributed by atoms with Crippen molar-refractivity contribution in [2.24, 2.45) is 0 Å². The van der Waals surface area contributed by atoms with E-state index in [1.807, 2.05) is 4.90 Å². The molecule has 9 heteroatoms. The molecule has 1 aromatic heterocycles. The summed E-state index contributed by atoms with van der Waals surface area (Å²) in [6.45, 7) is 1.90. The standard InChI is InChI=1S/C14H20ClN5O3/c1-19-9-14(23-13(19)22)5-2-7-20(8-6-14)11(21)4-3-10-16-12(15)18-17-10/h2-9H2,1H3,(H,16,17,18). The topological polar surface area (TPSA) is 91.4 Å². The second-order valence-electron chi connectivity index (χ2n) is 6.19. The Morgan fingerprint density at radius 3 is 2.91 bits per heavy atom. The van der Waals surface area contributed by atoms with Crippen molar-refractivity contribution in [1.29, 1.82) is 0 Å². The number of aromatic nitrogens is 3. The van der Waals surface area contributed by atoms with Crippen molar-refractivity contribution >= 4 is 23.6 Å². The molecule has 2 amide bonds. The van der Waals surface area contributed by atoms with Crippen LogP contribution in [0.1, 0.15) is 31.5 Å². The number of halogens is 1. The van der Waals surface area contributed by atoms with Crippen LogP contribution in [0.5, 0.6) is 0 Å². The maximum absolute atomic E-state index is 12.4. The Morgan fingerprint density at radius 2 is 2.26 bits per heavy atom. The summed E-state index contributed by atoms with van der Waals surface area (Å²) in [5.74, 6) is 0.688. The first-order valence-corrected chi connectivity index (χ1v) is 8.14. The van der Waals surface area contributed by atoms with Crippen LogP contribution in [-0.2, 0) is 16.0 Å². The van der Waals surface area contributed by atoms with Gasteiger partial charge in [0.1, 0.15) is 11.4 Å². The second kappa shape index (κ2) is 6.35. The van der Waals surface area contributed by atoms with Gasteiger partial charge < -0.3 is 14.5 Å². The Hall–Kier alpha value is -1.83. The lowest BCUT2D eigenvalue weighted by atomic mass is 9.95. The van der Waals surface area contributed by atoms with Gasteiger partial charge in [-0.1, -0.05) is 0 Å². The van der Waals surface area contributed by atoms with Gasteiger partial charge in [-0.25, -0.2) is 9.78 Å². The fourth-order valence-corrected chi connectivity index (χ4v) is 3.38. The summed E-state index contributed by atoms with van der Waals surface area (Å²) in [6, 6.07) is 0. The molecule has 3 rings (SSSR count).